The fourth-order valence-electron chi connectivity index (χ4n) is 24.5. The zero-order valence-electron chi connectivity index (χ0n) is 80.2. The Hall–Kier alpha value is -19.8. The minimum atomic E-state index is -3.13. The number of nitrogens with zero attached hydrogens (tertiary/aromatic N) is 16. The molecule has 20 aromatic carbocycles. The van der Waals surface area contributed by atoms with Crippen LogP contribution in [0.1, 0.15) is 0 Å². The molecular weight excluding hydrogens is 1850 g/mol. The molecule has 696 valence electrons. The summed E-state index contributed by atoms with van der Waals surface area (Å²) in [6.45, 7) is 0. The molecule has 0 fully saturated rings. The van der Waals surface area contributed by atoms with Crippen LogP contribution in [0.4, 0.5) is 0 Å². The summed E-state index contributed by atoms with van der Waals surface area (Å²) < 4.78 is 20.6. The van der Waals surface area contributed by atoms with Gasteiger partial charge in [-0.3, -0.25) is 31.5 Å². The van der Waals surface area contributed by atoms with E-state index >= 15 is 0 Å². The van der Waals surface area contributed by atoms with Gasteiger partial charge in [-0.2, -0.15) is 0 Å². The van der Waals surface area contributed by atoms with Crippen molar-refractivity contribution in [2.24, 2.45) is 0 Å². The third-order valence-electron chi connectivity index (χ3n) is 31.0. The number of fused-ring (bicyclic) bond motifs is 24. The molecule has 149 heavy (non-hydrogen) atoms. The van der Waals surface area contributed by atoms with Crippen molar-refractivity contribution in [2.45, 2.75) is 0 Å². The summed E-state index contributed by atoms with van der Waals surface area (Å²) in [7, 11) is -6.25. The van der Waals surface area contributed by atoms with E-state index in [0.717, 1.165) is 133 Å². The Morgan fingerprint density at radius 1 is 0.141 bits per heavy atom. The predicted molar refractivity (Wildman–Crippen MR) is 613 cm³/mol. The summed E-state index contributed by atoms with van der Waals surface area (Å²) >= 11 is 0. The summed E-state index contributed by atoms with van der Waals surface area (Å²) in [5.41, 5.74) is 24.0. The molecule has 11 aromatic heterocycles. The lowest BCUT2D eigenvalue weighted by atomic mass is 10.0. The first kappa shape index (κ1) is 83.8. The zero-order chi connectivity index (χ0) is 97.7. The second-order valence-electron chi connectivity index (χ2n) is 38.7. The van der Waals surface area contributed by atoms with E-state index in [9.17, 15) is 0 Å². The van der Waals surface area contributed by atoms with Gasteiger partial charge in [0.25, 0.3) is 0 Å². The number of benzene rings is 20. The molecular formula is C131H84N16Si2. The van der Waals surface area contributed by atoms with Gasteiger partial charge in [0.15, 0.2) is 27.8 Å². The minimum Gasteiger partial charge on any atom is -0.309 e. The fourth-order valence-corrected chi connectivity index (χ4v) is 34.0. The van der Waals surface area contributed by atoms with Crippen LogP contribution in [0.2, 0.25) is 0 Å². The highest BCUT2D eigenvalue weighted by atomic mass is 28.3. The highest BCUT2D eigenvalue weighted by molar-refractivity contribution is 7.20. The van der Waals surface area contributed by atoms with Crippen molar-refractivity contribution in [2.75, 3.05) is 0 Å². The first-order chi connectivity index (χ1) is 73.9. The molecule has 0 atom stereocenters. The molecule has 0 bridgehead atoms. The second-order valence-corrected chi connectivity index (χ2v) is 46.4. The van der Waals surface area contributed by atoms with E-state index in [-0.39, 0.29) is 0 Å². The molecule has 0 aliphatic carbocycles. The van der Waals surface area contributed by atoms with Gasteiger partial charge in [-0.1, -0.05) is 358 Å². The summed E-state index contributed by atoms with van der Waals surface area (Å²) in [6.07, 6.45) is 0. The van der Waals surface area contributed by atoms with Gasteiger partial charge in [0.2, 0.25) is 17.3 Å². The summed E-state index contributed by atoms with van der Waals surface area (Å²) in [4.78, 5) is 39.6. The summed E-state index contributed by atoms with van der Waals surface area (Å²) in [5, 5.41) is 17.1. The van der Waals surface area contributed by atoms with E-state index in [1.807, 2.05) is 0 Å². The molecule has 0 unspecified atom stereocenters. The van der Waals surface area contributed by atoms with Crippen LogP contribution in [0, 0.1) is 0 Å². The number of hydrogen-bond acceptors (Lipinski definition) is 7. The molecule has 0 saturated carbocycles. The van der Waals surface area contributed by atoms with Gasteiger partial charge in [-0.15, -0.1) is 0 Å². The monoisotopic (exact) mass is 1940 g/mol. The Balaban J connectivity index is 0.553. The summed E-state index contributed by atoms with van der Waals surface area (Å²) in [5.74, 6) is 5.94. The van der Waals surface area contributed by atoms with Crippen LogP contribution in [0.5, 0.6) is 0 Å². The van der Waals surface area contributed by atoms with Gasteiger partial charge in [0.05, 0.1) is 99.3 Å². The maximum atomic E-state index is 5.81. The molecule has 0 amide bonds. The molecule has 0 N–H and O–H groups in total. The third kappa shape index (κ3) is 12.5. The molecule has 11 heterocycles. The van der Waals surface area contributed by atoms with Gasteiger partial charge < -0.3 is 9.13 Å². The fraction of sp³-hybridized carbons (Fsp3) is 0. The van der Waals surface area contributed by atoms with Crippen LogP contribution < -0.4 is 41.5 Å². The molecule has 16 nitrogen and oxygen atoms in total. The van der Waals surface area contributed by atoms with Gasteiger partial charge in [0, 0.05) is 67.0 Å². The molecule has 0 saturated heterocycles. The Morgan fingerprint density at radius 3 is 0.738 bits per heavy atom. The smallest absolute Gasteiger partial charge is 0.221 e. The molecule has 31 rings (SSSR count). The van der Waals surface area contributed by atoms with Crippen molar-refractivity contribution < 1.29 is 0 Å². The number of rotatable bonds is 17. The average Bonchev–Trinajstić information content (AvgIpc) is 1.64. The van der Waals surface area contributed by atoms with E-state index in [1.54, 1.807) is 0 Å². The quantitative estimate of drug-likeness (QED) is 0.0655. The highest BCUT2D eigenvalue weighted by Gasteiger charge is 2.44. The van der Waals surface area contributed by atoms with Crippen LogP contribution in [-0.4, -0.2) is 91.6 Å². The number of imidazole rings is 6. The van der Waals surface area contributed by atoms with E-state index in [1.165, 1.54) is 85.1 Å². The van der Waals surface area contributed by atoms with E-state index in [0.29, 0.717) is 40.7 Å². The van der Waals surface area contributed by atoms with Gasteiger partial charge >= 0.3 is 0 Å². The lowest BCUT2D eigenvalue weighted by molar-refractivity contribution is 0.970. The molecule has 18 heteroatoms. The number of para-hydroxylation sites is 15. The molecule has 0 aliphatic rings. The van der Waals surface area contributed by atoms with Crippen molar-refractivity contribution in [3.8, 4) is 68.5 Å². The Kier molecular flexibility index (Phi) is 18.5. The largest absolute Gasteiger partial charge is 0.309 e. The molecule has 31 aromatic rings. The van der Waals surface area contributed by atoms with Crippen molar-refractivity contribution in [3.05, 3.63) is 510 Å². The van der Waals surface area contributed by atoms with Crippen molar-refractivity contribution in [3.63, 3.8) is 0 Å². The van der Waals surface area contributed by atoms with E-state index in [4.69, 9.17) is 34.9 Å². The first-order valence-electron chi connectivity index (χ1n) is 50.5. The minimum absolute atomic E-state index is 0.538. The second kappa shape index (κ2) is 32.9. The Labute approximate surface area is 854 Å². The third-order valence-corrected chi connectivity index (χ3v) is 40.6. The van der Waals surface area contributed by atoms with Crippen LogP contribution in [0.3, 0.4) is 0 Å². The highest BCUT2D eigenvalue weighted by Crippen LogP contribution is 2.43. The maximum absolute atomic E-state index is 5.81. The standard InChI is InChI=1S/C131H84N16Si2/c1-5-33-91(34-6-1)148(92-35-7-2-8-36-92,97-75-67-89(68-76-97)139-108-48-20-13-41-99(108)100-42-14-21-49-109(100)139)95-71-61-85(62-72-95)127-135-123(83-124(136-127)145-119-58-30-27-55-116(119)142-114-53-25-18-46-105(114)132-129(142)145)141-112-52-24-17-45-103(112)104-81-87(66-80-113(104)141)88-65-79-107-122(82-88)144-118-57-29-32-60-121(118)147(131(144)134-107)126-84-125(146-120-59-31-28-56-117(120)143-115-54-26-19-47-106(115)133-130(143)146)137-128(138-126)86-63-73-96(74-64-86)149(93-37-9-3-10-38-93,94-39-11-4-12-40-94)98-77-69-90(70-78-98)140-110-50-22-15-43-101(110)102-44-16-23-51-111(102)140/h1-84H. The van der Waals surface area contributed by atoms with Crippen molar-refractivity contribution in [1.82, 2.24) is 75.5 Å². The first-order valence-corrected chi connectivity index (χ1v) is 54.5. The van der Waals surface area contributed by atoms with Crippen LogP contribution in [-0.2, 0) is 0 Å². The SMILES string of the molecule is c1ccc([Si](c2ccccc2)(c2ccc(-c3nc(-n4c5ccccc5c5cc(-c6ccc7nc8n(-c9cc(-n%10c%11ccccc%11n%11c%12ccccc%12nc%10%11)nc(-c%10ccc([Si](c%11ccccc%11)(c%11ccccc%11)c%11ccc(-n%12c%13ccccc%13c%13ccccc%13%12)cc%11)cc%10)n9)c9ccccc9n8c7c6)ccc54)cc(-n4c5ccccc5n5c6ccccc6nc45)n3)cc2)c2ccc(-n3c4ccccc4c4ccccc43)cc2)cc1. The van der Waals surface area contributed by atoms with Crippen molar-refractivity contribution >= 4 is 207 Å². The summed E-state index contributed by atoms with van der Waals surface area (Å²) in [6, 6.07) is 186. The van der Waals surface area contributed by atoms with Crippen LogP contribution in [0.25, 0.3) is 217 Å². The Bertz CT molecular complexity index is 10700. The number of hydrogen-bond donors (Lipinski definition) is 0. The average molecular weight is 1940 g/mol. The van der Waals surface area contributed by atoms with Crippen LogP contribution in [0.15, 0.2) is 510 Å². The lowest BCUT2D eigenvalue weighted by Gasteiger charge is -2.34. The maximum Gasteiger partial charge on any atom is 0.221 e. The number of aromatic nitrogens is 16. The molecule has 0 aliphatic heterocycles. The molecule has 0 radical (unpaired) electrons. The van der Waals surface area contributed by atoms with Gasteiger partial charge in [-0.05, 0) is 192 Å². The topological polar surface area (TPSA) is 133 Å². The molecule has 0 spiro atoms. The predicted octanol–water partition coefficient (Wildman–Crippen LogP) is 24.5. The van der Waals surface area contributed by atoms with E-state index in [2.05, 4.69) is 550 Å². The van der Waals surface area contributed by atoms with E-state index < -0.39 is 16.1 Å². The van der Waals surface area contributed by atoms with Gasteiger partial charge in [-0.25, -0.2) is 34.9 Å². The zero-order valence-corrected chi connectivity index (χ0v) is 82.2. The van der Waals surface area contributed by atoms with Crippen LogP contribution >= 0.6 is 0 Å². The van der Waals surface area contributed by atoms with Gasteiger partial charge in [0.1, 0.15) is 23.3 Å². The Morgan fingerprint density at radius 2 is 0.383 bits per heavy atom. The van der Waals surface area contributed by atoms with Crippen molar-refractivity contribution in [1.29, 1.82) is 0 Å². The lowest BCUT2D eigenvalue weighted by Crippen LogP contribution is -2.74. The normalized spacial score (nSPS) is 12.3.